The van der Waals surface area contributed by atoms with Crippen LogP contribution in [0.3, 0.4) is 0 Å². The molecule has 1 atom stereocenters. The Morgan fingerprint density at radius 3 is 2.46 bits per heavy atom. The molecule has 0 saturated heterocycles. The van der Waals surface area contributed by atoms with Crippen molar-refractivity contribution in [2.45, 2.75) is 58.0 Å². The number of benzene rings is 1. The number of aryl methyl sites for hydroxylation is 1. The molecule has 26 heavy (non-hydrogen) atoms. The molecular formula is C20H25ClN2O3. The van der Waals surface area contributed by atoms with E-state index >= 15 is 0 Å². The predicted molar refractivity (Wildman–Crippen MR) is 103 cm³/mol. The second-order valence-corrected chi connectivity index (χ2v) is 7.60. The van der Waals surface area contributed by atoms with Gasteiger partial charge in [0.05, 0.1) is 6.07 Å². The molecule has 3 rings (SSSR count). The van der Waals surface area contributed by atoms with E-state index in [1.807, 2.05) is 19.1 Å². The van der Waals surface area contributed by atoms with Crippen molar-refractivity contribution in [3.8, 4) is 5.88 Å². The van der Waals surface area contributed by atoms with Gasteiger partial charge >= 0.3 is 5.69 Å². The largest absolute Gasteiger partial charge is 0.494 e. The number of aromatic nitrogens is 2. The lowest BCUT2D eigenvalue weighted by Gasteiger charge is -2.28. The zero-order valence-corrected chi connectivity index (χ0v) is 15.8. The summed E-state index contributed by atoms with van der Waals surface area (Å²) in [5.74, 6) is 0.0597. The molecule has 0 amide bonds. The van der Waals surface area contributed by atoms with E-state index in [4.69, 9.17) is 11.6 Å². The van der Waals surface area contributed by atoms with Gasteiger partial charge in [-0.3, -0.25) is 13.9 Å². The highest BCUT2D eigenvalue weighted by atomic mass is 35.5. The molecule has 0 spiro atoms. The summed E-state index contributed by atoms with van der Waals surface area (Å²) in [7, 11) is 0. The van der Waals surface area contributed by atoms with Gasteiger partial charge in [0.1, 0.15) is 0 Å². The Kier molecular flexibility index (Phi) is 5.87. The van der Waals surface area contributed by atoms with Crippen LogP contribution in [0.25, 0.3) is 0 Å². The number of hydrogen-bond acceptors (Lipinski definition) is 3. The molecule has 1 aromatic carbocycles. The average molecular weight is 377 g/mol. The molecule has 0 radical (unpaired) electrons. The van der Waals surface area contributed by atoms with Crippen LogP contribution in [-0.4, -0.2) is 14.2 Å². The topological polar surface area (TPSA) is 64.2 Å². The lowest BCUT2D eigenvalue weighted by atomic mass is 9.84. The molecule has 1 aromatic heterocycles. The third kappa shape index (κ3) is 4.04. The third-order valence-corrected chi connectivity index (χ3v) is 5.73. The average Bonchev–Trinajstić information content (AvgIpc) is 2.63. The standard InChI is InChI=1S/C20H25ClN2O3/c1-14(16-5-3-2-4-6-16)23-19(25)13-18(24)22(20(23)26)12-11-15-7-9-17(21)10-8-15/h7-10,13-14,16,24H,2-6,11-12H2,1H3/t14-/m0/s1. The quantitative estimate of drug-likeness (QED) is 0.864. The van der Waals surface area contributed by atoms with Crippen LogP contribution in [-0.2, 0) is 13.0 Å². The maximum absolute atomic E-state index is 12.9. The van der Waals surface area contributed by atoms with Gasteiger partial charge in [-0.25, -0.2) is 4.79 Å². The molecule has 1 aliphatic carbocycles. The van der Waals surface area contributed by atoms with Crippen LogP contribution in [0.15, 0.2) is 39.9 Å². The molecule has 1 fully saturated rings. The molecule has 6 heteroatoms. The Hall–Kier alpha value is -2.01. The van der Waals surface area contributed by atoms with Crippen molar-refractivity contribution in [3.63, 3.8) is 0 Å². The zero-order valence-electron chi connectivity index (χ0n) is 15.0. The number of rotatable bonds is 5. The Morgan fingerprint density at radius 2 is 1.81 bits per heavy atom. The first-order valence-corrected chi connectivity index (χ1v) is 9.65. The lowest BCUT2D eigenvalue weighted by molar-refractivity contribution is 0.248. The summed E-state index contributed by atoms with van der Waals surface area (Å²) < 4.78 is 2.60. The Labute approximate surface area is 157 Å². The van der Waals surface area contributed by atoms with E-state index < -0.39 is 11.2 Å². The normalized spacial score (nSPS) is 16.5. The SMILES string of the molecule is C[C@@H](C1CCCCC1)n1c(=O)cc(O)n(CCc2ccc(Cl)cc2)c1=O. The number of aromatic hydroxyl groups is 1. The van der Waals surface area contributed by atoms with Crippen LogP contribution in [0.2, 0.25) is 5.02 Å². The molecule has 1 N–H and O–H groups in total. The summed E-state index contributed by atoms with van der Waals surface area (Å²) in [5, 5.41) is 10.8. The summed E-state index contributed by atoms with van der Waals surface area (Å²) in [6.07, 6.45) is 6.16. The van der Waals surface area contributed by atoms with Crippen LogP contribution >= 0.6 is 11.6 Å². The first-order valence-electron chi connectivity index (χ1n) is 9.27. The smallest absolute Gasteiger partial charge is 0.334 e. The first-order chi connectivity index (χ1) is 12.5. The molecule has 0 unspecified atom stereocenters. The van der Waals surface area contributed by atoms with Crippen molar-refractivity contribution in [3.05, 3.63) is 61.8 Å². The van der Waals surface area contributed by atoms with Gasteiger partial charge in [-0.2, -0.15) is 0 Å². The first kappa shape index (κ1) is 18.8. The molecular weight excluding hydrogens is 352 g/mol. The summed E-state index contributed by atoms with van der Waals surface area (Å²) in [6, 6.07) is 8.38. The summed E-state index contributed by atoms with van der Waals surface area (Å²) in [4.78, 5) is 25.3. The predicted octanol–water partition coefficient (Wildman–Crippen LogP) is 3.75. The second kappa shape index (κ2) is 8.12. The van der Waals surface area contributed by atoms with Crippen molar-refractivity contribution in [1.82, 2.24) is 9.13 Å². The minimum Gasteiger partial charge on any atom is -0.494 e. The van der Waals surface area contributed by atoms with Crippen LogP contribution in [0.5, 0.6) is 5.88 Å². The highest BCUT2D eigenvalue weighted by Gasteiger charge is 2.25. The summed E-state index contributed by atoms with van der Waals surface area (Å²) >= 11 is 5.89. The van der Waals surface area contributed by atoms with E-state index in [2.05, 4.69) is 0 Å². The van der Waals surface area contributed by atoms with Gasteiger partial charge in [-0.1, -0.05) is 43.0 Å². The van der Waals surface area contributed by atoms with E-state index in [1.165, 1.54) is 15.6 Å². The van der Waals surface area contributed by atoms with E-state index in [-0.39, 0.29) is 11.9 Å². The van der Waals surface area contributed by atoms with Crippen molar-refractivity contribution in [2.75, 3.05) is 0 Å². The van der Waals surface area contributed by atoms with Crippen LogP contribution < -0.4 is 11.2 Å². The van der Waals surface area contributed by atoms with E-state index in [1.54, 1.807) is 12.1 Å². The Balaban J connectivity index is 1.87. The van der Waals surface area contributed by atoms with Gasteiger partial charge in [0.2, 0.25) is 5.88 Å². The maximum atomic E-state index is 12.9. The fourth-order valence-electron chi connectivity index (χ4n) is 3.88. The molecule has 140 valence electrons. The Bertz CT molecular complexity index is 864. The highest BCUT2D eigenvalue weighted by Crippen LogP contribution is 2.31. The monoisotopic (exact) mass is 376 g/mol. The fraction of sp³-hybridized carbons (Fsp3) is 0.500. The van der Waals surface area contributed by atoms with Gasteiger partial charge in [0.25, 0.3) is 5.56 Å². The maximum Gasteiger partial charge on any atom is 0.334 e. The molecule has 5 nitrogen and oxygen atoms in total. The van der Waals surface area contributed by atoms with Gasteiger partial charge in [0.15, 0.2) is 0 Å². The molecule has 1 saturated carbocycles. The molecule has 1 heterocycles. The van der Waals surface area contributed by atoms with Crippen LogP contribution in [0, 0.1) is 5.92 Å². The zero-order chi connectivity index (χ0) is 18.7. The number of nitrogens with zero attached hydrogens (tertiary/aromatic N) is 2. The molecule has 2 aromatic rings. The summed E-state index contributed by atoms with van der Waals surface area (Å²) in [5.41, 5.74) is 0.161. The van der Waals surface area contributed by atoms with Gasteiger partial charge < -0.3 is 5.11 Å². The van der Waals surface area contributed by atoms with Gasteiger partial charge in [-0.15, -0.1) is 0 Å². The van der Waals surface area contributed by atoms with Gasteiger partial charge in [-0.05, 0) is 49.8 Å². The van der Waals surface area contributed by atoms with Crippen LogP contribution in [0.1, 0.15) is 50.6 Å². The second-order valence-electron chi connectivity index (χ2n) is 7.16. The fourth-order valence-corrected chi connectivity index (χ4v) is 4.01. The minimum absolute atomic E-state index is 0.155. The number of halogens is 1. The molecule has 1 aliphatic rings. The van der Waals surface area contributed by atoms with E-state index in [0.29, 0.717) is 23.9 Å². The van der Waals surface area contributed by atoms with Crippen molar-refractivity contribution in [1.29, 1.82) is 0 Å². The lowest BCUT2D eigenvalue weighted by Crippen LogP contribution is -2.43. The van der Waals surface area contributed by atoms with Crippen molar-refractivity contribution < 1.29 is 5.11 Å². The van der Waals surface area contributed by atoms with Crippen molar-refractivity contribution in [2.24, 2.45) is 5.92 Å². The van der Waals surface area contributed by atoms with E-state index in [0.717, 1.165) is 37.3 Å². The third-order valence-electron chi connectivity index (χ3n) is 5.48. The van der Waals surface area contributed by atoms with Crippen molar-refractivity contribution >= 4 is 11.6 Å². The number of hydrogen-bond donors (Lipinski definition) is 1. The van der Waals surface area contributed by atoms with Gasteiger partial charge in [0, 0.05) is 17.6 Å². The van der Waals surface area contributed by atoms with Crippen LogP contribution in [0.4, 0.5) is 0 Å². The van der Waals surface area contributed by atoms with E-state index in [9.17, 15) is 14.7 Å². The Morgan fingerprint density at radius 1 is 1.15 bits per heavy atom. The molecule has 0 bridgehead atoms. The highest BCUT2D eigenvalue weighted by molar-refractivity contribution is 6.30. The summed E-state index contributed by atoms with van der Waals surface area (Å²) in [6.45, 7) is 2.25. The minimum atomic E-state index is -0.429. The molecule has 0 aliphatic heterocycles.